The van der Waals surface area contributed by atoms with E-state index in [-0.39, 0.29) is 0 Å². The number of fused-ring (bicyclic) bond motifs is 1. The maximum Gasteiger partial charge on any atom is 0.105 e. The van der Waals surface area contributed by atoms with Gasteiger partial charge in [0.25, 0.3) is 0 Å². The van der Waals surface area contributed by atoms with Gasteiger partial charge < -0.3 is 10.2 Å². The molecule has 2 N–H and O–H groups in total. The van der Waals surface area contributed by atoms with Gasteiger partial charge in [0, 0.05) is 6.42 Å². The van der Waals surface area contributed by atoms with Gasteiger partial charge in [0.2, 0.25) is 0 Å². The number of hydrogen-bond acceptors (Lipinski definition) is 2. The first-order valence-corrected chi connectivity index (χ1v) is 4.14. The Labute approximate surface area is 71.5 Å². The van der Waals surface area contributed by atoms with Gasteiger partial charge in [0.15, 0.2) is 0 Å². The highest BCUT2D eigenvalue weighted by Crippen LogP contribution is 2.31. The third-order valence-corrected chi connectivity index (χ3v) is 2.41. The van der Waals surface area contributed by atoms with Crippen molar-refractivity contribution in [2.24, 2.45) is 0 Å². The summed E-state index contributed by atoms with van der Waals surface area (Å²) in [6.07, 6.45) is -0.708. The van der Waals surface area contributed by atoms with E-state index >= 15 is 0 Å². The van der Waals surface area contributed by atoms with Crippen LogP contribution in [0.1, 0.15) is 22.8 Å². The molecule has 1 aromatic carbocycles. The normalized spacial score (nSPS) is 27.2. The van der Waals surface area contributed by atoms with Gasteiger partial charge in [-0.05, 0) is 18.1 Å². The van der Waals surface area contributed by atoms with Crippen molar-refractivity contribution in [2.45, 2.75) is 25.6 Å². The Morgan fingerprint density at radius 2 is 2.08 bits per heavy atom. The van der Waals surface area contributed by atoms with Gasteiger partial charge in [-0.25, -0.2) is 0 Å². The first-order valence-electron chi connectivity index (χ1n) is 4.14. The maximum absolute atomic E-state index is 9.49. The molecule has 0 bridgehead atoms. The molecule has 0 saturated carbocycles. The smallest absolute Gasteiger partial charge is 0.105 e. The molecule has 2 rings (SSSR count). The minimum atomic E-state index is -0.680. The summed E-state index contributed by atoms with van der Waals surface area (Å²) in [5, 5.41) is 18.9. The molecule has 2 heteroatoms. The van der Waals surface area contributed by atoms with Crippen LogP contribution in [0.25, 0.3) is 0 Å². The van der Waals surface area contributed by atoms with Gasteiger partial charge in [-0.2, -0.15) is 0 Å². The summed E-state index contributed by atoms with van der Waals surface area (Å²) in [6, 6.07) is 5.88. The molecule has 12 heavy (non-hydrogen) atoms. The largest absolute Gasteiger partial charge is 0.390 e. The summed E-state index contributed by atoms with van der Waals surface area (Å²) in [5.74, 6) is 0. The second-order valence-corrected chi connectivity index (χ2v) is 3.42. The van der Waals surface area contributed by atoms with Gasteiger partial charge in [-0.15, -0.1) is 0 Å². The third-order valence-electron chi connectivity index (χ3n) is 2.41. The molecule has 0 saturated heterocycles. The molecular weight excluding hydrogens is 152 g/mol. The lowest BCUT2D eigenvalue weighted by Gasteiger charge is -2.06. The molecule has 1 aliphatic rings. The van der Waals surface area contributed by atoms with E-state index < -0.39 is 12.2 Å². The summed E-state index contributed by atoms with van der Waals surface area (Å²) < 4.78 is 0. The molecule has 0 aliphatic heterocycles. The summed E-state index contributed by atoms with van der Waals surface area (Å²) >= 11 is 0. The van der Waals surface area contributed by atoms with E-state index in [9.17, 15) is 10.2 Å². The minimum Gasteiger partial charge on any atom is -0.390 e. The van der Waals surface area contributed by atoms with Crippen LogP contribution in [0.5, 0.6) is 0 Å². The monoisotopic (exact) mass is 164 g/mol. The van der Waals surface area contributed by atoms with Crippen LogP contribution in [0.3, 0.4) is 0 Å². The van der Waals surface area contributed by atoms with E-state index in [1.54, 1.807) is 0 Å². The van der Waals surface area contributed by atoms with Crippen LogP contribution < -0.4 is 0 Å². The van der Waals surface area contributed by atoms with Crippen molar-refractivity contribution in [1.29, 1.82) is 0 Å². The minimum absolute atomic E-state index is 0.582. The summed E-state index contributed by atoms with van der Waals surface area (Å²) in [7, 11) is 0. The zero-order chi connectivity index (χ0) is 8.72. The Morgan fingerprint density at radius 3 is 2.83 bits per heavy atom. The Bertz CT molecular complexity index is 307. The number of hydrogen-bond donors (Lipinski definition) is 2. The molecule has 0 aromatic heterocycles. The van der Waals surface area contributed by atoms with E-state index in [1.165, 1.54) is 5.56 Å². The standard InChI is InChI=1S/C10H12O2/c1-6-2-3-8-7(4-6)5-9(11)10(8)12/h2-4,9-12H,5H2,1H3. The lowest BCUT2D eigenvalue weighted by Crippen LogP contribution is -2.11. The zero-order valence-electron chi connectivity index (χ0n) is 6.99. The van der Waals surface area contributed by atoms with Crippen LogP contribution in [-0.4, -0.2) is 16.3 Å². The van der Waals surface area contributed by atoms with Crippen LogP contribution in [-0.2, 0) is 6.42 Å². The van der Waals surface area contributed by atoms with Gasteiger partial charge in [-0.1, -0.05) is 23.8 Å². The fraction of sp³-hybridized carbons (Fsp3) is 0.400. The molecule has 64 valence electrons. The van der Waals surface area contributed by atoms with Crippen molar-refractivity contribution in [1.82, 2.24) is 0 Å². The molecule has 1 aromatic rings. The third kappa shape index (κ3) is 1.04. The molecule has 0 fully saturated rings. The highest BCUT2D eigenvalue weighted by molar-refractivity contribution is 5.38. The maximum atomic E-state index is 9.49. The second-order valence-electron chi connectivity index (χ2n) is 3.42. The van der Waals surface area contributed by atoms with Gasteiger partial charge in [0.05, 0.1) is 6.10 Å². The van der Waals surface area contributed by atoms with Crippen molar-refractivity contribution in [3.05, 3.63) is 34.9 Å². The Balaban J connectivity index is 2.47. The van der Waals surface area contributed by atoms with E-state index in [4.69, 9.17) is 0 Å². The van der Waals surface area contributed by atoms with Crippen LogP contribution >= 0.6 is 0 Å². The number of aliphatic hydroxyl groups is 2. The van der Waals surface area contributed by atoms with Crippen molar-refractivity contribution in [3.63, 3.8) is 0 Å². The Morgan fingerprint density at radius 1 is 1.33 bits per heavy atom. The van der Waals surface area contributed by atoms with Crippen LogP contribution in [0.4, 0.5) is 0 Å². The topological polar surface area (TPSA) is 40.5 Å². The SMILES string of the molecule is Cc1ccc2c(c1)CC(O)C2O. The van der Waals surface area contributed by atoms with Crippen LogP contribution in [0.2, 0.25) is 0 Å². The molecule has 2 nitrogen and oxygen atoms in total. The van der Waals surface area contributed by atoms with Gasteiger partial charge in [0.1, 0.15) is 6.10 Å². The van der Waals surface area contributed by atoms with E-state index in [1.807, 2.05) is 25.1 Å². The number of aryl methyl sites for hydroxylation is 1. The number of benzene rings is 1. The van der Waals surface area contributed by atoms with E-state index in [0.29, 0.717) is 6.42 Å². The summed E-state index contributed by atoms with van der Waals surface area (Å²) in [5.41, 5.74) is 3.14. The summed E-state index contributed by atoms with van der Waals surface area (Å²) in [6.45, 7) is 2.01. The Hall–Kier alpha value is -0.860. The molecule has 0 spiro atoms. The fourth-order valence-electron chi connectivity index (χ4n) is 1.74. The first-order chi connectivity index (χ1) is 5.68. The second kappa shape index (κ2) is 2.57. The van der Waals surface area contributed by atoms with Crippen molar-refractivity contribution in [2.75, 3.05) is 0 Å². The predicted molar refractivity (Wildman–Crippen MR) is 45.8 cm³/mol. The molecule has 2 unspecified atom stereocenters. The molecular formula is C10H12O2. The van der Waals surface area contributed by atoms with Crippen molar-refractivity contribution in [3.8, 4) is 0 Å². The predicted octanol–water partition coefficient (Wildman–Crippen LogP) is 0.945. The first kappa shape index (κ1) is 7.77. The average Bonchev–Trinajstić information content (AvgIpc) is 2.28. The van der Waals surface area contributed by atoms with E-state index in [0.717, 1.165) is 11.1 Å². The molecule has 1 aliphatic carbocycles. The molecule has 2 atom stereocenters. The number of rotatable bonds is 0. The fourth-order valence-corrected chi connectivity index (χ4v) is 1.74. The van der Waals surface area contributed by atoms with Crippen molar-refractivity contribution >= 4 is 0 Å². The molecule has 0 heterocycles. The highest BCUT2D eigenvalue weighted by Gasteiger charge is 2.28. The van der Waals surface area contributed by atoms with Crippen molar-refractivity contribution < 1.29 is 10.2 Å². The summed E-state index contributed by atoms with van der Waals surface area (Å²) in [4.78, 5) is 0. The lowest BCUT2D eigenvalue weighted by molar-refractivity contribution is 0.0326. The van der Waals surface area contributed by atoms with Crippen LogP contribution in [0.15, 0.2) is 18.2 Å². The van der Waals surface area contributed by atoms with E-state index in [2.05, 4.69) is 0 Å². The Kier molecular flexibility index (Phi) is 1.67. The molecule has 0 radical (unpaired) electrons. The van der Waals surface area contributed by atoms with Crippen LogP contribution in [0, 0.1) is 6.92 Å². The van der Waals surface area contributed by atoms with Gasteiger partial charge in [-0.3, -0.25) is 0 Å². The zero-order valence-corrected chi connectivity index (χ0v) is 6.99. The molecule has 0 amide bonds. The highest BCUT2D eigenvalue weighted by atomic mass is 16.3. The number of aliphatic hydroxyl groups excluding tert-OH is 2. The average molecular weight is 164 g/mol. The van der Waals surface area contributed by atoms with Gasteiger partial charge >= 0.3 is 0 Å². The quantitative estimate of drug-likeness (QED) is 0.599. The lowest BCUT2D eigenvalue weighted by atomic mass is 10.1.